The first-order valence-corrected chi connectivity index (χ1v) is 11.9. The summed E-state index contributed by atoms with van der Waals surface area (Å²) in [5.41, 5.74) is -0.422. The third-order valence-corrected chi connectivity index (χ3v) is 6.76. The quantitative estimate of drug-likeness (QED) is 0.401. The molecule has 1 aliphatic carbocycles. The molecule has 1 fully saturated rings. The summed E-state index contributed by atoms with van der Waals surface area (Å²) in [5, 5.41) is 24.7. The molecular weight excluding hydrogens is 493 g/mol. The fourth-order valence-corrected chi connectivity index (χ4v) is 4.83. The van der Waals surface area contributed by atoms with E-state index in [1.54, 1.807) is 12.1 Å². The summed E-state index contributed by atoms with van der Waals surface area (Å²) in [7, 11) is 3.00. The number of methoxy groups -OCH3 is 2. The van der Waals surface area contributed by atoms with E-state index in [-0.39, 0.29) is 29.1 Å². The number of aromatic nitrogens is 2. The monoisotopic (exact) mass is 522 g/mol. The highest BCUT2D eigenvalue weighted by Gasteiger charge is 2.35. The zero-order chi connectivity index (χ0) is 26.9. The Balaban J connectivity index is 1.75. The number of aromatic carboxylic acids is 1. The van der Waals surface area contributed by atoms with E-state index in [0.29, 0.717) is 17.1 Å². The van der Waals surface area contributed by atoms with Crippen molar-refractivity contribution in [2.45, 2.75) is 63.6 Å². The number of alkyl halides is 3. The van der Waals surface area contributed by atoms with Crippen LogP contribution >= 0.6 is 0 Å². The number of ether oxygens (including phenoxy) is 3. The number of carboxylic acid groups (broad SMARTS) is 1. The van der Waals surface area contributed by atoms with Crippen molar-refractivity contribution in [1.82, 2.24) is 9.78 Å². The molecule has 2 atom stereocenters. The molecule has 4 rings (SSSR count). The standard InChI is InChI=1S/C26H29F3N2O6/c1-14-20(35-2)10-15(11-21(14)36-3)24(32)22(37-16-6-4-5-7-16)13-31-12-18-19(26(27,28)29)9-8-17(25(33)34)23(18)30-31/h8-12,16,22,24,32H,4-7,13H2,1-3H3,(H,33,34)/t22-,24+/m0/s1. The molecular formula is C26H29F3N2O6. The molecule has 0 spiro atoms. The number of carboxylic acids is 1. The molecule has 8 nitrogen and oxygen atoms in total. The van der Waals surface area contributed by atoms with Gasteiger partial charge >= 0.3 is 12.1 Å². The van der Waals surface area contributed by atoms with Crippen LogP contribution in [0.2, 0.25) is 0 Å². The Kier molecular flexibility index (Phi) is 7.65. The molecule has 0 amide bonds. The summed E-state index contributed by atoms with van der Waals surface area (Å²) in [6.45, 7) is 1.70. The number of aliphatic hydroxyl groups is 1. The van der Waals surface area contributed by atoms with Gasteiger partial charge in [-0.1, -0.05) is 12.8 Å². The average Bonchev–Trinajstić information content (AvgIpc) is 3.51. The van der Waals surface area contributed by atoms with Gasteiger partial charge < -0.3 is 24.4 Å². The first-order valence-electron chi connectivity index (χ1n) is 11.9. The largest absolute Gasteiger partial charge is 0.496 e. The van der Waals surface area contributed by atoms with Gasteiger partial charge in [0.15, 0.2) is 0 Å². The Bertz CT molecular complexity index is 1260. The van der Waals surface area contributed by atoms with Crippen LogP contribution < -0.4 is 9.47 Å². The molecule has 0 bridgehead atoms. The van der Waals surface area contributed by atoms with Crippen LogP contribution in [0.3, 0.4) is 0 Å². The Morgan fingerprint density at radius 3 is 2.32 bits per heavy atom. The van der Waals surface area contributed by atoms with E-state index in [2.05, 4.69) is 5.10 Å². The minimum Gasteiger partial charge on any atom is -0.496 e. The number of nitrogens with zero attached hydrogens (tertiary/aromatic N) is 2. The second-order valence-corrected chi connectivity index (χ2v) is 9.15. The number of hydrogen-bond acceptors (Lipinski definition) is 6. The number of fused-ring (bicyclic) bond motifs is 1. The van der Waals surface area contributed by atoms with Gasteiger partial charge in [-0.05, 0) is 49.6 Å². The average molecular weight is 523 g/mol. The minimum atomic E-state index is -4.70. The van der Waals surface area contributed by atoms with E-state index >= 15 is 0 Å². The molecule has 0 unspecified atom stereocenters. The van der Waals surface area contributed by atoms with Gasteiger partial charge in [-0.15, -0.1) is 0 Å². The van der Waals surface area contributed by atoms with E-state index < -0.39 is 29.9 Å². The maximum Gasteiger partial charge on any atom is 0.417 e. The van der Waals surface area contributed by atoms with Crippen LogP contribution in [0.25, 0.3) is 10.9 Å². The maximum absolute atomic E-state index is 13.6. The fraction of sp³-hybridized carbons (Fsp3) is 0.462. The maximum atomic E-state index is 13.6. The summed E-state index contributed by atoms with van der Waals surface area (Å²) in [6.07, 6.45) is -2.22. The molecule has 1 heterocycles. The van der Waals surface area contributed by atoms with E-state index in [9.17, 15) is 28.2 Å². The number of hydrogen-bond donors (Lipinski definition) is 2. The van der Waals surface area contributed by atoms with Gasteiger partial charge in [0.25, 0.3) is 0 Å². The zero-order valence-corrected chi connectivity index (χ0v) is 20.7. The lowest BCUT2D eigenvalue weighted by atomic mass is 10.0. The number of halogens is 3. The van der Waals surface area contributed by atoms with Crippen molar-refractivity contribution in [3.63, 3.8) is 0 Å². The Morgan fingerprint density at radius 1 is 1.16 bits per heavy atom. The van der Waals surface area contributed by atoms with Crippen molar-refractivity contribution < 1.29 is 42.4 Å². The highest BCUT2D eigenvalue weighted by atomic mass is 19.4. The first-order chi connectivity index (χ1) is 17.5. The van der Waals surface area contributed by atoms with E-state index in [0.717, 1.165) is 49.6 Å². The van der Waals surface area contributed by atoms with Crippen molar-refractivity contribution in [2.24, 2.45) is 0 Å². The van der Waals surface area contributed by atoms with Gasteiger partial charge in [-0.3, -0.25) is 4.68 Å². The minimum absolute atomic E-state index is 0.110. The van der Waals surface area contributed by atoms with Gasteiger partial charge in [0.2, 0.25) is 0 Å². The Morgan fingerprint density at radius 2 is 1.78 bits per heavy atom. The van der Waals surface area contributed by atoms with Crippen LogP contribution in [0.4, 0.5) is 13.2 Å². The molecule has 37 heavy (non-hydrogen) atoms. The van der Waals surface area contributed by atoms with Crippen LogP contribution in [-0.4, -0.2) is 52.4 Å². The summed E-state index contributed by atoms with van der Waals surface area (Å²) in [4.78, 5) is 11.7. The predicted octanol–water partition coefficient (Wildman–Crippen LogP) is 5.14. The Hall–Kier alpha value is -3.31. The summed E-state index contributed by atoms with van der Waals surface area (Å²) in [5.74, 6) is -0.390. The molecule has 2 N–H and O–H groups in total. The van der Waals surface area contributed by atoms with Gasteiger partial charge in [0.1, 0.15) is 29.2 Å². The second-order valence-electron chi connectivity index (χ2n) is 9.15. The topological polar surface area (TPSA) is 103 Å². The van der Waals surface area contributed by atoms with Crippen molar-refractivity contribution in [3.05, 3.63) is 52.7 Å². The van der Waals surface area contributed by atoms with Crippen molar-refractivity contribution in [2.75, 3.05) is 14.2 Å². The smallest absolute Gasteiger partial charge is 0.417 e. The Labute approximate surface area is 211 Å². The van der Waals surface area contributed by atoms with E-state index in [1.807, 2.05) is 6.92 Å². The molecule has 0 saturated heterocycles. The molecule has 11 heteroatoms. The number of carbonyl (C=O) groups is 1. The zero-order valence-electron chi connectivity index (χ0n) is 20.7. The molecule has 0 radical (unpaired) electrons. The van der Waals surface area contributed by atoms with Crippen LogP contribution in [0.1, 0.15) is 58.8 Å². The highest BCUT2D eigenvalue weighted by Crippen LogP contribution is 2.37. The lowest BCUT2D eigenvalue weighted by Crippen LogP contribution is -2.31. The number of rotatable bonds is 9. The molecule has 200 valence electrons. The molecule has 1 aliphatic rings. The van der Waals surface area contributed by atoms with E-state index in [1.165, 1.54) is 18.9 Å². The second kappa shape index (κ2) is 10.6. The molecule has 1 aromatic heterocycles. The molecule has 0 aliphatic heterocycles. The van der Waals surface area contributed by atoms with Crippen LogP contribution in [-0.2, 0) is 17.5 Å². The lowest BCUT2D eigenvalue weighted by Gasteiger charge is -2.27. The van der Waals surface area contributed by atoms with Crippen LogP contribution in [0.5, 0.6) is 11.5 Å². The summed E-state index contributed by atoms with van der Waals surface area (Å²) in [6, 6.07) is 4.97. The third kappa shape index (κ3) is 5.52. The van der Waals surface area contributed by atoms with Gasteiger partial charge in [0.05, 0.1) is 38.0 Å². The fourth-order valence-electron chi connectivity index (χ4n) is 4.83. The van der Waals surface area contributed by atoms with Gasteiger partial charge in [-0.25, -0.2) is 4.79 Å². The van der Waals surface area contributed by atoms with Crippen molar-refractivity contribution in [1.29, 1.82) is 0 Å². The van der Waals surface area contributed by atoms with Gasteiger partial charge in [0, 0.05) is 17.1 Å². The number of aliphatic hydroxyl groups excluding tert-OH is 1. The summed E-state index contributed by atoms with van der Waals surface area (Å²) >= 11 is 0. The lowest BCUT2D eigenvalue weighted by molar-refractivity contribution is -0.136. The summed E-state index contributed by atoms with van der Waals surface area (Å²) < 4.78 is 59.2. The SMILES string of the molecule is COc1cc([C@@H](O)[C@H](Cn2cc3c(C(F)(F)F)ccc(C(=O)O)c3n2)OC2CCCC2)cc(OC)c1C. The number of benzene rings is 2. The van der Waals surface area contributed by atoms with E-state index in [4.69, 9.17) is 14.2 Å². The van der Waals surface area contributed by atoms with Crippen molar-refractivity contribution >= 4 is 16.9 Å². The van der Waals surface area contributed by atoms with Crippen LogP contribution in [0, 0.1) is 6.92 Å². The van der Waals surface area contributed by atoms with Crippen LogP contribution in [0.15, 0.2) is 30.5 Å². The molecule has 3 aromatic rings. The highest BCUT2D eigenvalue weighted by molar-refractivity contribution is 6.02. The predicted molar refractivity (Wildman–Crippen MR) is 128 cm³/mol. The van der Waals surface area contributed by atoms with Gasteiger partial charge in [-0.2, -0.15) is 18.3 Å². The van der Waals surface area contributed by atoms with Crippen molar-refractivity contribution in [3.8, 4) is 11.5 Å². The normalized spacial score (nSPS) is 16.2. The first kappa shape index (κ1) is 26.7. The third-order valence-electron chi connectivity index (χ3n) is 6.76. The molecule has 2 aromatic carbocycles. The molecule has 1 saturated carbocycles.